The van der Waals surface area contributed by atoms with Gasteiger partial charge < -0.3 is 24.1 Å². The summed E-state index contributed by atoms with van der Waals surface area (Å²) in [5.41, 5.74) is 4.70. The zero-order chi connectivity index (χ0) is 23.4. The zero-order valence-electron chi connectivity index (χ0n) is 19.2. The van der Waals surface area contributed by atoms with E-state index in [1.54, 1.807) is 12.1 Å². The molecular formula is C26H27N3O4. The van der Waals surface area contributed by atoms with Gasteiger partial charge in [0.25, 0.3) is 5.91 Å². The number of aromatic nitrogens is 2. The zero-order valence-corrected chi connectivity index (χ0v) is 19.2. The van der Waals surface area contributed by atoms with E-state index in [2.05, 4.69) is 41.1 Å². The number of benzene rings is 3. The number of imidazole rings is 1. The molecule has 3 aromatic carbocycles. The summed E-state index contributed by atoms with van der Waals surface area (Å²) in [5.74, 6) is 1.81. The van der Waals surface area contributed by atoms with E-state index in [9.17, 15) is 4.79 Å². The summed E-state index contributed by atoms with van der Waals surface area (Å²) in [4.78, 5) is 17.8. The molecular weight excluding hydrogens is 418 g/mol. The Kier molecular flexibility index (Phi) is 6.49. The molecule has 7 heteroatoms. The molecule has 0 fully saturated rings. The topological polar surface area (TPSA) is 74.6 Å². The fourth-order valence-electron chi connectivity index (χ4n) is 3.90. The van der Waals surface area contributed by atoms with Gasteiger partial charge in [-0.2, -0.15) is 0 Å². The molecule has 4 aromatic rings. The number of carbonyl (C=O) groups excluding carboxylic acids is 1. The Hall–Kier alpha value is -4.00. The molecule has 0 unspecified atom stereocenters. The van der Waals surface area contributed by atoms with Gasteiger partial charge in [-0.1, -0.05) is 42.0 Å². The van der Waals surface area contributed by atoms with E-state index in [4.69, 9.17) is 19.2 Å². The van der Waals surface area contributed by atoms with E-state index in [-0.39, 0.29) is 12.5 Å². The Labute approximate surface area is 192 Å². The Bertz CT molecular complexity index is 1270. The predicted octanol–water partition coefficient (Wildman–Crippen LogP) is 4.35. The molecule has 0 bridgehead atoms. The lowest BCUT2D eigenvalue weighted by Crippen LogP contribution is -2.25. The standard InChI is InChI=1S/C26H27N3O4/c1-17-8-7-9-18(12-17)16-29-21-11-6-5-10-20(21)28-24(29)15-27-26(30)19-13-22(31-2)25(33-4)23(14-19)32-3/h5-14H,15-16H2,1-4H3,(H,27,30). The van der Waals surface area contributed by atoms with E-state index >= 15 is 0 Å². The summed E-state index contributed by atoms with van der Waals surface area (Å²) in [5, 5.41) is 2.98. The van der Waals surface area contributed by atoms with Gasteiger partial charge in [-0.25, -0.2) is 4.98 Å². The maximum atomic E-state index is 13.0. The Morgan fingerprint density at radius 1 is 0.939 bits per heavy atom. The van der Waals surface area contributed by atoms with Gasteiger partial charge in [0.1, 0.15) is 5.82 Å². The van der Waals surface area contributed by atoms with Crippen LogP contribution in [0, 0.1) is 6.92 Å². The minimum atomic E-state index is -0.261. The first-order valence-corrected chi connectivity index (χ1v) is 10.6. The van der Waals surface area contributed by atoms with E-state index in [0.717, 1.165) is 16.9 Å². The van der Waals surface area contributed by atoms with Crippen LogP contribution in [0.25, 0.3) is 11.0 Å². The summed E-state index contributed by atoms with van der Waals surface area (Å²) < 4.78 is 18.2. The molecule has 0 aliphatic carbocycles. The molecule has 4 rings (SSSR count). The number of hydrogen-bond donors (Lipinski definition) is 1. The first-order chi connectivity index (χ1) is 16.0. The van der Waals surface area contributed by atoms with Crippen LogP contribution in [0.1, 0.15) is 27.3 Å². The smallest absolute Gasteiger partial charge is 0.251 e. The van der Waals surface area contributed by atoms with E-state index in [0.29, 0.717) is 29.4 Å². The molecule has 1 heterocycles. The number of ether oxygens (including phenoxy) is 3. The van der Waals surface area contributed by atoms with Crippen LogP contribution in [-0.2, 0) is 13.1 Å². The molecule has 1 amide bonds. The number of aryl methyl sites for hydroxylation is 1. The second-order valence-corrected chi connectivity index (χ2v) is 7.69. The number of hydrogen-bond acceptors (Lipinski definition) is 5. The van der Waals surface area contributed by atoms with Crippen LogP contribution in [0.4, 0.5) is 0 Å². The predicted molar refractivity (Wildman–Crippen MR) is 127 cm³/mol. The van der Waals surface area contributed by atoms with Crippen LogP contribution in [0.3, 0.4) is 0 Å². The molecule has 0 radical (unpaired) electrons. The Morgan fingerprint density at radius 3 is 2.33 bits per heavy atom. The molecule has 0 aliphatic rings. The Balaban J connectivity index is 1.61. The monoisotopic (exact) mass is 445 g/mol. The number of nitrogens with zero attached hydrogens (tertiary/aromatic N) is 2. The van der Waals surface area contributed by atoms with Gasteiger partial charge in [0.05, 0.1) is 38.9 Å². The van der Waals surface area contributed by atoms with E-state index in [1.165, 1.54) is 32.5 Å². The average Bonchev–Trinajstić information content (AvgIpc) is 3.18. The largest absolute Gasteiger partial charge is 0.493 e. The van der Waals surface area contributed by atoms with Crippen molar-refractivity contribution in [2.45, 2.75) is 20.0 Å². The number of nitrogens with one attached hydrogen (secondary N) is 1. The summed E-state index contributed by atoms with van der Waals surface area (Å²) in [6, 6.07) is 19.6. The van der Waals surface area contributed by atoms with Crippen molar-refractivity contribution in [1.29, 1.82) is 0 Å². The second-order valence-electron chi connectivity index (χ2n) is 7.69. The normalized spacial score (nSPS) is 10.8. The summed E-state index contributed by atoms with van der Waals surface area (Å²) in [6.07, 6.45) is 0. The molecule has 0 saturated heterocycles. The molecule has 1 aromatic heterocycles. The van der Waals surface area contributed by atoms with Crippen LogP contribution in [0.5, 0.6) is 17.2 Å². The fourth-order valence-corrected chi connectivity index (χ4v) is 3.90. The molecule has 33 heavy (non-hydrogen) atoms. The highest BCUT2D eigenvalue weighted by Gasteiger charge is 2.18. The number of methoxy groups -OCH3 is 3. The lowest BCUT2D eigenvalue weighted by molar-refractivity contribution is 0.0948. The molecule has 0 spiro atoms. The number of para-hydroxylation sites is 2. The van der Waals surface area contributed by atoms with E-state index < -0.39 is 0 Å². The second kappa shape index (κ2) is 9.65. The lowest BCUT2D eigenvalue weighted by atomic mass is 10.1. The van der Waals surface area contributed by atoms with Gasteiger partial charge in [0, 0.05) is 12.1 Å². The molecule has 170 valence electrons. The van der Waals surface area contributed by atoms with Crippen LogP contribution in [-0.4, -0.2) is 36.8 Å². The number of fused-ring (bicyclic) bond motifs is 1. The minimum absolute atomic E-state index is 0.261. The third-order valence-corrected chi connectivity index (χ3v) is 5.49. The van der Waals surface area contributed by atoms with Crippen molar-refractivity contribution >= 4 is 16.9 Å². The quantitative estimate of drug-likeness (QED) is 0.437. The van der Waals surface area contributed by atoms with Crippen LogP contribution in [0.15, 0.2) is 60.7 Å². The molecule has 0 saturated carbocycles. The molecule has 7 nitrogen and oxygen atoms in total. The van der Waals surface area contributed by atoms with Crippen molar-refractivity contribution in [1.82, 2.24) is 14.9 Å². The summed E-state index contributed by atoms with van der Waals surface area (Å²) in [6.45, 7) is 3.02. The Morgan fingerprint density at radius 2 is 1.67 bits per heavy atom. The molecule has 0 atom stereocenters. The highest BCUT2D eigenvalue weighted by atomic mass is 16.5. The lowest BCUT2D eigenvalue weighted by Gasteiger charge is -2.14. The maximum absolute atomic E-state index is 13.0. The van der Waals surface area contributed by atoms with Crippen molar-refractivity contribution in [3.05, 3.63) is 83.2 Å². The van der Waals surface area contributed by atoms with Gasteiger partial charge in [0.15, 0.2) is 11.5 Å². The van der Waals surface area contributed by atoms with Gasteiger partial charge in [-0.15, -0.1) is 0 Å². The highest BCUT2D eigenvalue weighted by molar-refractivity contribution is 5.95. The first kappa shape index (κ1) is 22.2. The highest BCUT2D eigenvalue weighted by Crippen LogP contribution is 2.38. The van der Waals surface area contributed by atoms with Gasteiger partial charge >= 0.3 is 0 Å². The first-order valence-electron chi connectivity index (χ1n) is 10.6. The van der Waals surface area contributed by atoms with Crippen LogP contribution >= 0.6 is 0 Å². The van der Waals surface area contributed by atoms with Crippen LogP contribution in [0.2, 0.25) is 0 Å². The van der Waals surface area contributed by atoms with Gasteiger partial charge in [-0.05, 0) is 36.8 Å². The van der Waals surface area contributed by atoms with Gasteiger partial charge in [0.2, 0.25) is 5.75 Å². The third kappa shape index (κ3) is 4.62. The van der Waals surface area contributed by atoms with E-state index in [1.807, 2.05) is 24.3 Å². The molecule has 1 N–H and O–H groups in total. The summed E-state index contributed by atoms with van der Waals surface area (Å²) in [7, 11) is 4.57. The maximum Gasteiger partial charge on any atom is 0.251 e. The van der Waals surface area contributed by atoms with Crippen molar-refractivity contribution < 1.29 is 19.0 Å². The minimum Gasteiger partial charge on any atom is -0.493 e. The fraction of sp³-hybridized carbons (Fsp3) is 0.231. The van der Waals surface area contributed by atoms with Crippen molar-refractivity contribution in [3.8, 4) is 17.2 Å². The number of carbonyl (C=O) groups is 1. The van der Waals surface area contributed by atoms with Crippen LogP contribution < -0.4 is 19.5 Å². The average molecular weight is 446 g/mol. The summed E-state index contributed by atoms with van der Waals surface area (Å²) >= 11 is 0. The number of amides is 1. The molecule has 0 aliphatic heterocycles. The van der Waals surface area contributed by atoms with Crippen molar-refractivity contribution in [2.75, 3.05) is 21.3 Å². The van der Waals surface area contributed by atoms with Crippen molar-refractivity contribution in [2.24, 2.45) is 0 Å². The van der Waals surface area contributed by atoms with Crippen molar-refractivity contribution in [3.63, 3.8) is 0 Å². The number of rotatable bonds is 8. The SMILES string of the molecule is COc1cc(C(=O)NCc2nc3ccccc3n2Cc2cccc(C)c2)cc(OC)c1OC. The van der Waals surface area contributed by atoms with Gasteiger partial charge in [-0.3, -0.25) is 4.79 Å². The third-order valence-electron chi connectivity index (χ3n) is 5.49.